The number of halogens is 1. The zero-order valence-electron chi connectivity index (χ0n) is 16.6. The highest BCUT2D eigenvalue weighted by molar-refractivity contribution is 7.48. The Labute approximate surface area is 184 Å². The lowest BCUT2D eigenvalue weighted by Crippen LogP contribution is -2.33. The second-order valence-corrected chi connectivity index (χ2v) is 8.35. The first kappa shape index (κ1) is 23.0. The highest BCUT2D eigenvalue weighted by Gasteiger charge is 2.45. The van der Waals surface area contributed by atoms with Crippen LogP contribution in [0.3, 0.4) is 0 Å². The Kier molecular flexibility index (Phi) is 6.00. The first-order valence-corrected chi connectivity index (χ1v) is 10.8. The van der Waals surface area contributed by atoms with E-state index in [2.05, 4.69) is 19.5 Å². The molecule has 4 rings (SSSR count). The smallest absolute Gasteiger partial charge is 0.398 e. The zero-order valence-corrected chi connectivity index (χ0v) is 17.4. The molecule has 1 saturated heterocycles. The molecule has 1 fully saturated rings. The fraction of sp³-hybridized carbons (Fsp3) is 0.294. The van der Waals surface area contributed by atoms with Crippen LogP contribution in [-0.2, 0) is 18.3 Å². The molecule has 33 heavy (non-hydrogen) atoms. The molecule has 3 heterocycles. The van der Waals surface area contributed by atoms with Crippen molar-refractivity contribution in [3.8, 4) is 0 Å². The third-order valence-electron chi connectivity index (χ3n) is 4.85. The van der Waals surface area contributed by atoms with Crippen molar-refractivity contribution in [3.63, 3.8) is 0 Å². The highest BCUT2D eigenvalue weighted by Crippen LogP contribution is 2.45. The van der Waals surface area contributed by atoms with E-state index in [1.165, 1.54) is 29.4 Å². The number of rotatable bonds is 6. The van der Waals surface area contributed by atoms with Crippen molar-refractivity contribution >= 4 is 36.5 Å². The molecule has 0 spiro atoms. The van der Waals surface area contributed by atoms with Crippen molar-refractivity contribution in [2.75, 3.05) is 18.1 Å². The second-order valence-electron chi connectivity index (χ2n) is 6.98. The number of carbonyl (C=O) groups is 1. The Morgan fingerprint density at radius 2 is 2.00 bits per heavy atom. The molecular formula is C17H18FN6O8P. The maximum absolute atomic E-state index is 13.8. The predicted molar refractivity (Wildman–Crippen MR) is 108 cm³/mol. The minimum absolute atomic E-state index is 0.0881. The van der Waals surface area contributed by atoms with Crippen molar-refractivity contribution in [1.29, 1.82) is 0 Å². The molecule has 16 heteroatoms. The number of nitrogen functional groups attached to an aromatic ring is 2. The molecule has 1 aromatic carbocycles. The van der Waals surface area contributed by atoms with Crippen molar-refractivity contribution in [1.82, 2.24) is 19.5 Å². The summed E-state index contributed by atoms with van der Waals surface area (Å²) in [4.78, 5) is 33.8. The number of aliphatic hydroxyl groups is 2. The molecule has 7 N–H and O–H groups in total. The van der Waals surface area contributed by atoms with E-state index >= 15 is 0 Å². The Morgan fingerprint density at radius 3 is 2.73 bits per heavy atom. The Bertz CT molecular complexity index is 1240. The van der Waals surface area contributed by atoms with E-state index in [1.807, 2.05) is 0 Å². The number of hydrogen-bond acceptors (Lipinski definition) is 12. The van der Waals surface area contributed by atoms with Crippen LogP contribution in [0.5, 0.6) is 0 Å². The van der Waals surface area contributed by atoms with E-state index in [0.717, 1.165) is 6.07 Å². The summed E-state index contributed by atoms with van der Waals surface area (Å²) < 4.78 is 41.9. The van der Waals surface area contributed by atoms with Crippen LogP contribution in [0.25, 0.3) is 11.2 Å². The molecule has 1 aliphatic rings. The van der Waals surface area contributed by atoms with Gasteiger partial charge in [-0.25, -0.2) is 28.7 Å². The lowest BCUT2D eigenvalue weighted by Gasteiger charge is -2.17. The van der Waals surface area contributed by atoms with Crippen LogP contribution in [-0.4, -0.2) is 65.5 Å². The van der Waals surface area contributed by atoms with Gasteiger partial charge in [0.05, 0.1) is 12.9 Å². The average molecular weight is 484 g/mol. The molecule has 0 bridgehead atoms. The van der Waals surface area contributed by atoms with Gasteiger partial charge in [-0.05, 0) is 12.1 Å². The molecule has 2 aromatic heterocycles. The number of nitrogens with two attached hydrogens (primary N) is 2. The second kappa shape index (κ2) is 8.62. The Morgan fingerprint density at radius 1 is 1.24 bits per heavy atom. The minimum atomic E-state index is -5.08. The SMILES string of the molecule is Nc1cccc(F)c1C(=O)OP(=O)(O)OC[C@H]1O[C@@H](n2cnc3c(N)ncnc32)[C@H](O)[C@@H]1O. The molecular weight excluding hydrogens is 466 g/mol. The largest absolute Gasteiger partial charge is 0.529 e. The first-order valence-electron chi connectivity index (χ1n) is 9.29. The van der Waals surface area contributed by atoms with Crippen LogP contribution in [0.15, 0.2) is 30.9 Å². The topological polar surface area (TPSA) is 218 Å². The highest BCUT2D eigenvalue weighted by atomic mass is 31.2. The molecule has 0 radical (unpaired) electrons. The molecule has 14 nitrogen and oxygen atoms in total. The number of aliphatic hydroxyl groups excluding tert-OH is 2. The summed E-state index contributed by atoms with van der Waals surface area (Å²) in [6.07, 6.45) is -3.16. The Hall–Kier alpha value is -3.20. The summed E-state index contributed by atoms with van der Waals surface area (Å²) in [5, 5.41) is 20.7. The van der Waals surface area contributed by atoms with E-state index < -0.39 is 56.3 Å². The molecule has 5 atom stereocenters. The number of aromatic nitrogens is 4. The van der Waals surface area contributed by atoms with Crippen molar-refractivity contribution in [2.24, 2.45) is 0 Å². The van der Waals surface area contributed by atoms with E-state index in [4.69, 9.17) is 20.7 Å². The summed E-state index contributed by atoms with van der Waals surface area (Å²) in [5.74, 6) is -2.49. The van der Waals surface area contributed by atoms with E-state index in [9.17, 15) is 28.9 Å². The normalized spacial score (nSPS) is 24.6. The van der Waals surface area contributed by atoms with Gasteiger partial charge < -0.3 is 30.9 Å². The van der Waals surface area contributed by atoms with Gasteiger partial charge in [0.1, 0.15) is 41.5 Å². The van der Waals surface area contributed by atoms with Crippen molar-refractivity contribution in [3.05, 3.63) is 42.2 Å². The maximum Gasteiger partial charge on any atom is 0.529 e. The van der Waals surface area contributed by atoms with Gasteiger partial charge in [-0.2, -0.15) is 0 Å². The standard InChI is InChI=1S/C17H18FN6O8P/c18-7-2-1-3-8(19)10(7)17(27)32-33(28,29)30-4-9-12(25)13(26)16(31-9)24-6-23-11-14(20)21-5-22-15(11)24/h1-3,5-6,9,12-13,16,25-26H,4,19H2,(H,28,29)(H2,20,21,22)/t9-,12-,13-,16-/m1/s1. The van der Waals surface area contributed by atoms with Gasteiger partial charge in [0.15, 0.2) is 17.7 Å². The third kappa shape index (κ3) is 4.37. The van der Waals surface area contributed by atoms with E-state index in [-0.39, 0.29) is 22.7 Å². The number of nitrogens with zero attached hydrogens (tertiary/aromatic N) is 4. The third-order valence-corrected chi connectivity index (χ3v) is 5.72. The quantitative estimate of drug-likeness (QED) is 0.225. The molecule has 0 amide bonds. The molecule has 0 aliphatic carbocycles. The fourth-order valence-electron chi connectivity index (χ4n) is 3.25. The fourth-order valence-corrected chi connectivity index (χ4v) is 3.94. The van der Waals surface area contributed by atoms with Crippen LogP contribution in [0.4, 0.5) is 15.9 Å². The molecule has 1 aliphatic heterocycles. The molecule has 1 unspecified atom stereocenters. The number of phosphoric ester groups is 1. The Balaban J connectivity index is 1.44. The number of anilines is 2. The summed E-state index contributed by atoms with van der Waals surface area (Å²) >= 11 is 0. The lowest BCUT2D eigenvalue weighted by atomic mass is 10.1. The molecule has 176 valence electrons. The summed E-state index contributed by atoms with van der Waals surface area (Å²) in [6.45, 7) is -0.772. The zero-order chi connectivity index (χ0) is 23.9. The van der Waals surface area contributed by atoms with Gasteiger partial charge in [0.25, 0.3) is 0 Å². The van der Waals surface area contributed by atoms with Crippen LogP contribution in [0.1, 0.15) is 16.6 Å². The van der Waals surface area contributed by atoms with Gasteiger partial charge in [-0.15, -0.1) is 0 Å². The van der Waals surface area contributed by atoms with Gasteiger partial charge in [-0.1, -0.05) is 6.07 Å². The number of ether oxygens (including phenoxy) is 1. The number of hydrogen-bond donors (Lipinski definition) is 5. The van der Waals surface area contributed by atoms with E-state index in [1.54, 1.807) is 0 Å². The number of carbonyl (C=O) groups excluding carboxylic acids is 1. The summed E-state index contributed by atoms with van der Waals surface area (Å²) in [5.41, 5.74) is 10.6. The first-order chi connectivity index (χ1) is 15.6. The number of fused-ring (bicyclic) bond motifs is 1. The summed E-state index contributed by atoms with van der Waals surface area (Å²) in [7, 11) is -5.08. The summed E-state index contributed by atoms with van der Waals surface area (Å²) in [6, 6.07) is 3.35. The molecule has 3 aromatic rings. The lowest BCUT2D eigenvalue weighted by molar-refractivity contribution is -0.0508. The van der Waals surface area contributed by atoms with Crippen LogP contribution < -0.4 is 11.5 Å². The number of benzene rings is 1. The number of imidazole rings is 1. The van der Waals surface area contributed by atoms with Crippen LogP contribution >= 0.6 is 7.82 Å². The van der Waals surface area contributed by atoms with Gasteiger partial charge >= 0.3 is 13.8 Å². The van der Waals surface area contributed by atoms with Gasteiger partial charge in [-0.3, -0.25) is 14.0 Å². The number of phosphoric acid groups is 1. The maximum atomic E-state index is 13.8. The monoisotopic (exact) mass is 484 g/mol. The predicted octanol–water partition coefficient (Wildman–Crippen LogP) is -0.277. The van der Waals surface area contributed by atoms with Gasteiger partial charge in [0.2, 0.25) is 0 Å². The van der Waals surface area contributed by atoms with Crippen LogP contribution in [0.2, 0.25) is 0 Å². The van der Waals surface area contributed by atoms with Crippen LogP contribution in [0, 0.1) is 5.82 Å². The van der Waals surface area contributed by atoms with Crippen molar-refractivity contribution in [2.45, 2.75) is 24.5 Å². The average Bonchev–Trinajstić information content (AvgIpc) is 3.29. The van der Waals surface area contributed by atoms with Crippen molar-refractivity contribution < 1.29 is 42.6 Å². The minimum Gasteiger partial charge on any atom is -0.398 e. The van der Waals surface area contributed by atoms with Gasteiger partial charge in [0, 0.05) is 5.69 Å². The van der Waals surface area contributed by atoms with E-state index in [0.29, 0.717) is 0 Å². The molecule has 0 saturated carbocycles.